The van der Waals surface area contributed by atoms with Crippen molar-refractivity contribution in [2.75, 3.05) is 0 Å². The predicted molar refractivity (Wildman–Crippen MR) is 76.5 cm³/mol. The van der Waals surface area contributed by atoms with Crippen molar-refractivity contribution in [2.45, 2.75) is 6.61 Å². The highest BCUT2D eigenvalue weighted by molar-refractivity contribution is 9.10. The molecule has 0 atom stereocenters. The molecule has 0 radical (unpaired) electrons. The van der Waals surface area contributed by atoms with E-state index in [1.807, 2.05) is 11.4 Å². The van der Waals surface area contributed by atoms with Crippen LogP contribution in [-0.2, 0) is 6.61 Å². The molecule has 0 bridgehead atoms. The van der Waals surface area contributed by atoms with E-state index >= 15 is 0 Å². The van der Waals surface area contributed by atoms with Crippen LogP contribution in [-0.4, -0.2) is 15.0 Å². The Morgan fingerprint density at radius 3 is 3.05 bits per heavy atom. The molecule has 3 heterocycles. The third-order valence-corrected chi connectivity index (χ3v) is 3.81. The summed E-state index contributed by atoms with van der Waals surface area (Å²) >= 11 is 4.62. The molecule has 0 fully saturated rings. The van der Waals surface area contributed by atoms with Crippen LogP contribution in [0.25, 0.3) is 10.2 Å². The van der Waals surface area contributed by atoms with E-state index in [1.165, 1.54) is 11.3 Å². The number of nitrogens with one attached hydrogen (secondary N) is 1. The van der Waals surface area contributed by atoms with Gasteiger partial charge in [-0.15, -0.1) is 11.3 Å². The first-order valence-electron chi connectivity index (χ1n) is 5.43. The zero-order chi connectivity index (χ0) is 13.2. The summed E-state index contributed by atoms with van der Waals surface area (Å²) in [5, 5.41) is 1.84. The lowest BCUT2D eigenvalue weighted by Crippen LogP contribution is -2.12. The Morgan fingerprint density at radius 1 is 1.37 bits per heavy atom. The minimum Gasteiger partial charge on any atom is -0.484 e. The zero-order valence-electron chi connectivity index (χ0n) is 9.59. The molecular formula is C12H8BrN3O2S. The molecule has 3 aromatic rings. The van der Waals surface area contributed by atoms with Crippen LogP contribution < -0.4 is 10.3 Å². The highest BCUT2D eigenvalue weighted by Gasteiger charge is 2.05. The molecule has 0 aliphatic heterocycles. The highest BCUT2D eigenvalue weighted by atomic mass is 79.9. The lowest BCUT2D eigenvalue weighted by Gasteiger charge is -2.05. The summed E-state index contributed by atoms with van der Waals surface area (Å²) in [6.07, 6.45) is 1.60. The zero-order valence-corrected chi connectivity index (χ0v) is 12.0. The van der Waals surface area contributed by atoms with Gasteiger partial charge in [-0.2, -0.15) is 0 Å². The molecular weight excluding hydrogens is 330 g/mol. The number of thiophene rings is 1. The quantitative estimate of drug-likeness (QED) is 0.746. The van der Waals surface area contributed by atoms with Crippen molar-refractivity contribution in [3.8, 4) is 5.75 Å². The highest BCUT2D eigenvalue weighted by Crippen LogP contribution is 2.16. The fourth-order valence-corrected chi connectivity index (χ4v) is 2.55. The number of aromatic nitrogens is 3. The Kier molecular flexibility index (Phi) is 3.31. The second-order valence-corrected chi connectivity index (χ2v) is 5.48. The van der Waals surface area contributed by atoms with E-state index in [9.17, 15) is 4.79 Å². The van der Waals surface area contributed by atoms with Gasteiger partial charge in [0.25, 0.3) is 5.56 Å². The SMILES string of the molecule is O=c1[nH]c(COc2ccc(Br)nc2)nc2ccsc12. The van der Waals surface area contributed by atoms with Crippen LogP contribution in [0, 0.1) is 0 Å². The van der Waals surface area contributed by atoms with E-state index in [-0.39, 0.29) is 12.2 Å². The van der Waals surface area contributed by atoms with Gasteiger partial charge in [0.05, 0.1) is 11.7 Å². The number of halogens is 1. The maximum absolute atomic E-state index is 11.8. The van der Waals surface area contributed by atoms with Gasteiger partial charge in [-0.05, 0) is 39.5 Å². The van der Waals surface area contributed by atoms with Gasteiger partial charge in [-0.25, -0.2) is 9.97 Å². The van der Waals surface area contributed by atoms with Crippen LogP contribution >= 0.6 is 27.3 Å². The number of aromatic amines is 1. The Bertz CT molecular complexity index is 766. The molecule has 0 saturated carbocycles. The van der Waals surface area contributed by atoms with Crippen LogP contribution in [0.3, 0.4) is 0 Å². The number of H-pyrrole nitrogens is 1. The average molecular weight is 338 g/mol. The molecule has 3 rings (SSSR count). The normalized spacial score (nSPS) is 10.8. The summed E-state index contributed by atoms with van der Waals surface area (Å²) in [5.74, 6) is 1.12. The van der Waals surface area contributed by atoms with Gasteiger partial charge in [-0.1, -0.05) is 0 Å². The molecule has 0 aromatic carbocycles. The first-order valence-corrected chi connectivity index (χ1v) is 7.10. The summed E-state index contributed by atoms with van der Waals surface area (Å²) in [6, 6.07) is 5.39. The monoisotopic (exact) mass is 337 g/mol. The molecule has 3 aromatic heterocycles. The Labute approximate surface area is 120 Å². The van der Waals surface area contributed by atoms with Crippen molar-refractivity contribution in [2.24, 2.45) is 0 Å². The Hall–Kier alpha value is -1.73. The molecule has 96 valence electrons. The van der Waals surface area contributed by atoms with E-state index in [1.54, 1.807) is 18.3 Å². The summed E-state index contributed by atoms with van der Waals surface area (Å²) in [5.41, 5.74) is 0.564. The lowest BCUT2D eigenvalue weighted by atomic mass is 10.4. The van der Waals surface area contributed by atoms with E-state index in [0.29, 0.717) is 21.8 Å². The first kappa shape index (κ1) is 12.3. The van der Waals surface area contributed by atoms with E-state index in [2.05, 4.69) is 30.9 Å². The van der Waals surface area contributed by atoms with E-state index in [4.69, 9.17) is 4.74 Å². The Balaban J connectivity index is 1.81. The molecule has 1 N–H and O–H groups in total. The first-order chi connectivity index (χ1) is 9.22. The van der Waals surface area contributed by atoms with Gasteiger partial charge in [0.1, 0.15) is 27.5 Å². The number of pyridine rings is 1. The molecule has 0 amide bonds. The molecule has 7 heteroatoms. The topological polar surface area (TPSA) is 67.9 Å². The number of hydrogen-bond donors (Lipinski definition) is 1. The second-order valence-electron chi connectivity index (χ2n) is 3.75. The van der Waals surface area contributed by atoms with Crippen LogP contribution in [0.4, 0.5) is 0 Å². The van der Waals surface area contributed by atoms with Crippen LogP contribution in [0.15, 0.2) is 39.2 Å². The number of ether oxygens (including phenoxy) is 1. The molecule has 0 saturated heterocycles. The summed E-state index contributed by atoms with van der Waals surface area (Å²) in [7, 11) is 0. The number of nitrogens with zero attached hydrogens (tertiary/aromatic N) is 2. The fraction of sp³-hybridized carbons (Fsp3) is 0.0833. The molecule has 5 nitrogen and oxygen atoms in total. The van der Waals surface area contributed by atoms with E-state index in [0.717, 1.165) is 4.60 Å². The van der Waals surface area contributed by atoms with Crippen LogP contribution in [0.2, 0.25) is 0 Å². The summed E-state index contributed by atoms with van der Waals surface area (Å²) in [6.45, 7) is 0.199. The van der Waals surface area contributed by atoms with E-state index < -0.39 is 0 Å². The van der Waals surface area contributed by atoms with Gasteiger partial charge in [0.15, 0.2) is 0 Å². The van der Waals surface area contributed by atoms with Gasteiger partial charge in [0, 0.05) is 0 Å². The minimum atomic E-state index is -0.132. The van der Waals surface area contributed by atoms with Gasteiger partial charge < -0.3 is 9.72 Å². The predicted octanol–water partition coefficient (Wildman–Crippen LogP) is 2.72. The molecule has 0 unspecified atom stereocenters. The third kappa shape index (κ3) is 2.66. The van der Waals surface area contributed by atoms with Crippen molar-refractivity contribution in [3.05, 3.63) is 50.6 Å². The molecule has 0 aliphatic rings. The lowest BCUT2D eigenvalue weighted by molar-refractivity contribution is 0.295. The van der Waals surface area contributed by atoms with Crippen molar-refractivity contribution >= 4 is 37.5 Å². The smallest absolute Gasteiger partial charge is 0.268 e. The Morgan fingerprint density at radius 2 is 2.26 bits per heavy atom. The van der Waals surface area contributed by atoms with Crippen LogP contribution in [0.5, 0.6) is 5.75 Å². The number of hydrogen-bond acceptors (Lipinski definition) is 5. The maximum Gasteiger partial charge on any atom is 0.268 e. The molecule has 19 heavy (non-hydrogen) atoms. The van der Waals surface area contributed by atoms with Crippen molar-refractivity contribution in [1.82, 2.24) is 15.0 Å². The third-order valence-electron chi connectivity index (χ3n) is 2.44. The number of rotatable bonds is 3. The standard InChI is InChI=1S/C12H8BrN3O2S/c13-9-2-1-7(5-14-9)18-6-10-15-8-3-4-19-11(8)12(17)16-10/h1-5H,6H2,(H,15,16,17). The van der Waals surface area contributed by atoms with Crippen molar-refractivity contribution in [1.29, 1.82) is 0 Å². The average Bonchev–Trinajstić information content (AvgIpc) is 2.87. The summed E-state index contributed by atoms with van der Waals surface area (Å²) < 4.78 is 6.89. The molecule has 0 aliphatic carbocycles. The largest absolute Gasteiger partial charge is 0.484 e. The maximum atomic E-state index is 11.8. The van der Waals surface area contributed by atoms with Crippen LogP contribution in [0.1, 0.15) is 5.82 Å². The number of fused-ring (bicyclic) bond motifs is 1. The van der Waals surface area contributed by atoms with Crippen molar-refractivity contribution < 1.29 is 4.74 Å². The van der Waals surface area contributed by atoms with Gasteiger partial charge in [0.2, 0.25) is 0 Å². The molecule has 0 spiro atoms. The van der Waals surface area contributed by atoms with Gasteiger partial charge >= 0.3 is 0 Å². The summed E-state index contributed by atoms with van der Waals surface area (Å²) in [4.78, 5) is 22.8. The second kappa shape index (κ2) is 5.10. The van der Waals surface area contributed by atoms with Crippen molar-refractivity contribution in [3.63, 3.8) is 0 Å². The minimum absolute atomic E-state index is 0.132. The van der Waals surface area contributed by atoms with Gasteiger partial charge in [-0.3, -0.25) is 4.79 Å². The fourth-order valence-electron chi connectivity index (χ4n) is 1.59.